The van der Waals surface area contributed by atoms with E-state index in [0.717, 1.165) is 33.0 Å². The Balaban J connectivity index is 1.43. The van der Waals surface area contributed by atoms with E-state index in [0.29, 0.717) is 38.5 Å². The molecule has 6 nitrogen and oxygen atoms in total. The zero-order chi connectivity index (χ0) is 27.1. The summed E-state index contributed by atoms with van der Waals surface area (Å²) in [5.41, 5.74) is 4.18. The number of fused-ring (bicyclic) bond motifs is 1. The molecule has 1 heterocycles. The van der Waals surface area contributed by atoms with Gasteiger partial charge in [0.2, 0.25) is 11.8 Å². The average Bonchev–Trinajstić information content (AvgIpc) is 2.92. The number of anilines is 1. The first-order valence-electron chi connectivity index (χ1n) is 13.2. The van der Waals surface area contributed by atoms with E-state index in [9.17, 15) is 9.59 Å². The van der Waals surface area contributed by atoms with Crippen molar-refractivity contribution in [1.82, 2.24) is 5.32 Å². The molecule has 0 saturated heterocycles. The number of aryl methyl sites for hydroxylation is 1. The summed E-state index contributed by atoms with van der Waals surface area (Å²) in [5, 5.41) is 2.55. The van der Waals surface area contributed by atoms with Gasteiger partial charge in [0, 0.05) is 11.4 Å². The van der Waals surface area contributed by atoms with Gasteiger partial charge in [-0.15, -0.1) is 11.8 Å². The van der Waals surface area contributed by atoms with E-state index in [4.69, 9.17) is 9.47 Å². The first-order chi connectivity index (χ1) is 18.4. The number of hydrogen-bond donors (Lipinski definition) is 1. The van der Waals surface area contributed by atoms with Gasteiger partial charge in [-0.05, 0) is 68.1 Å². The fraction of sp³-hybridized carbons (Fsp3) is 0.355. The van der Waals surface area contributed by atoms with Crippen LogP contribution in [0.25, 0.3) is 0 Å². The zero-order valence-corrected chi connectivity index (χ0v) is 23.3. The van der Waals surface area contributed by atoms with Gasteiger partial charge in [0.15, 0.2) is 11.5 Å². The second-order valence-corrected chi connectivity index (χ2v) is 10.5. The maximum atomic E-state index is 13.7. The van der Waals surface area contributed by atoms with Gasteiger partial charge in [0.1, 0.15) is 5.25 Å². The number of amides is 2. The van der Waals surface area contributed by atoms with E-state index in [-0.39, 0.29) is 11.8 Å². The first kappa shape index (κ1) is 27.6. The van der Waals surface area contributed by atoms with Gasteiger partial charge in [0.05, 0.1) is 31.4 Å². The molecule has 7 heteroatoms. The van der Waals surface area contributed by atoms with Crippen LogP contribution in [0.5, 0.6) is 11.5 Å². The predicted octanol–water partition coefficient (Wildman–Crippen LogP) is 5.79. The highest BCUT2D eigenvalue weighted by molar-refractivity contribution is 8.01. The molecule has 0 saturated carbocycles. The maximum absolute atomic E-state index is 13.7. The number of nitrogens with one attached hydrogen (secondary N) is 1. The van der Waals surface area contributed by atoms with Crippen molar-refractivity contribution in [2.24, 2.45) is 5.92 Å². The van der Waals surface area contributed by atoms with Crippen LogP contribution >= 0.6 is 11.8 Å². The lowest BCUT2D eigenvalue weighted by Crippen LogP contribution is -2.47. The van der Waals surface area contributed by atoms with Gasteiger partial charge in [-0.3, -0.25) is 9.59 Å². The topological polar surface area (TPSA) is 67.9 Å². The Labute approximate surface area is 229 Å². The van der Waals surface area contributed by atoms with Crippen molar-refractivity contribution in [3.63, 3.8) is 0 Å². The molecule has 2 atom stereocenters. The molecule has 0 bridgehead atoms. The molecule has 38 heavy (non-hydrogen) atoms. The summed E-state index contributed by atoms with van der Waals surface area (Å²) >= 11 is 1.48. The highest BCUT2D eigenvalue weighted by Gasteiger charge is 2.39. The third kappa shape index (κ3) is 6.33. The summed E-state index contributed by atoms with van der Waals surface area (Å²) in [4.78, 5) is 29.8. The van der Waals surface area contributed by atoms with E-state index in [1.807, 2.05) is 80.3 Å². The number of ether oxygens (including phenoxy) is 2. The van der Waals surface area contributed by atoms with Crippen molar-refractivity contribution in [2.75, 3.05) is 24.7 Å². The van der Waals surface area contributed by atoms with Crippen LogP contribution < -0.4 is 19.7 Å². The van der Waals surface area contributed by atoms with Crippen molar-refractivity contribution < 1.29 is 19.1 Å². The Morgan fingerprint density at radius 3 is 2.47 bits per heavy atom. The third-order valence-electron chi connectivity index (χ3n) is 6.70. The number of rotatable bonds is 11. The molecule has 0 fully saturated rings. The largest absolute Gasteiger partial charge is 0.490 e. The van der Waals surface area contributed by atoms with Gasteiger partial charge < -0.3 is 19.7 Å². The molecule has 1 aliphatic heterocycles. The van der Waals surface area contributed by atoms with Crippen LogP contribution in [0.15, 0.2) is 71.6 Å². The van der Waals surface area contributed by atoms with Crippen molar-refractivity contribution in [2.45, 2.75) is 50.8 Å². The monoisotopic (exact) mass is 532 g/mol. The highest BCUT2D eigenvalue weighted by Crippen LogP contribution is 2.42. The van der Waals surface area contributed by atoms with Crippen molar-refractivity contribution in [1.29, 1.82) is 0 Å². The molecule has 1 N–H and O–H groups in total. The van der Waals surface area contributed by atoms with Crippen molar-refractivity contribution in [3.8, 4) is 11.5 Å². The molecule has 3 aromatic carbocycles. The fourth-order valence-corrected chi connectivity index (χ4v) is 5.84. The summed E-state index contributed by atoms with van der Waals surface area (Å²) in [6.45, 7) is 9.85. The number of carbonyl (C=O) groups excluding carboxylic acids is 2. The lowest BCUT2D eigenvalue weighted by atomic mass is 10.0. The molecular formula is C31H36N2O4S. The Morgan fingerprint density at radius 2 is 1.71 bits per heavy atom. The van der Waals surface area contributed by atoms with Gasteiger partial charge in [-0.1, -0.05) is 49.4 Å². The smallest absolute Gasteiger partial charge is 0.241 e. The van der Waals surface area contributed by atoms with Crippen LogP contribution in [0.1, 0.15) is 37.5 Å². The number of nitrogens with zero attached hydrogens (tertiary/aromatic N) is 1. The molecule has 0 radical (unpaired) electrons. The lowest BCUT2D eigenvalue weighted by molar-refractivity contribution is -0.128. The Morgan fingerprint density at radius 1 is 1.00 bits per heavy atom. The molecule has 3 aromatic rings. The summed E-state index contributed by atoms with van der Waals surface area (Å²) in [6, 6.07) is 21.9. The summed E-state index contributed by atoms with van der Waals surface area (Å²) in [6.07, 6.45) is 0.652. The van der Waals surface area contributed by atoms with Crippen LogP contribution in [0, 0.1) is 12.8 Å². The summed E-state index contributed by atoms with van der Waals surface area (Å²) < 4.78 is 11.4. The molecule has 2 amide bonds. The number of hydrogen-bond acceptors (Lipinski definition) is 5. The lowest BCUT2D eigenvalue weighted by Gasteiger charge is -2.36. The third-order valence-corrected chi connectivity index (χ3v) is 8.16. The number of benzene rings is 3. The van der Waals surface area contributed by atoms with E-state index in [2.05, 4.69) is 24.4 Å². The second kappa shape index (κ2) is 12.9. The van der Waals surface area contributed by atoms with Gasteiger partial charge in [-0.25, -0.2) is 0 Å². The number of carbonyl (C=O) groups is 2. The molecule has 200 valence electrons. The molecule has 0 aliphatic carbocycles. The predicted molar refractivity (Wildman–Crippen MR) is 153 cm³/mol. The minimum atomic E-state index is -0.496. The minimum absolute atomic E-state index is 0.0347. The standard InChI is InChI=1S/C31H36N2O4S/c1-5-36-26-16-15-23(19-27(26)37-6-2)17-18-32-30(34)22(4)29-31(35)33(20-24-12-8-7-11-21(24)3)25-13-9-10-14-28(25)38-29/h7-16,19,22,29H,5-6,17-18,20H2,1-4H3,(H,32,34)/t22-,29+/m0/s1. The van der Waals surface area contributed by atoms with Gasteiger partial charge >= 0.3 is 0 Å². The van der Waals surface area contributed by atoms with Crippen molar-refractivity contribution >= 4 is 29.3 Å². The van der Waals surface area contributed by atoms with Crippen LogP contribution in [-0.4, -0.2) is 36.8 Å². The van der Waals surface area contributed by atoms with E-state index in [1.165, 1.54) is 11.8 Å². The van der Waals surface area contributed by atoms with Crippen LogP contribution in [0.4, 0.5) is 5.69 Å². The summed E-state index contributed by atoms with van der Waals surface area (Å²) in [7, 11) is 0. The van der Waals surface area contributed by atoms with Gasteiger partial charge in [0.25, 0.3) is 0 Å². The van der Waals surface area contributed by atoms with Crippen LogP contribution in [0.2, 0.25) is 0 Å². The quantitative estimate of drug-likeness (QED) is 0.338. The molecule has 4 rings (SSSR count). The summed E-state index contributed by atoms with van der Waals surface area (Å²) in [5.74, 6) is 0.788. The Bertz CT molecular complexity index is 1280. The van der Waals surface area contributed by atoms with Crippen LogP contribution in [-0.2, 0) is 22.6 Å². The van der Waals surface area contributed by atoms with Crippen molar-refractivity contribution in [3.05, 3.63) is 83.4 Å². The molecule has 0 aromatic heterocycles. The fourth-order valence-electron chi connectivity index (χ4n) is 4.56. The highest BCUT2D eigenvalue weighted by atomic mass is 32.2. The zero-order valence-electron chi connectivity index (χ0n) is 22.5. The first-order valence-corrected chi connectivity index (χ1v) is 14.1. The second-order valence-electron chi connectivity index (χ2n) is 9.33. The normalized spacial score (nSPS) is 15.5. The van der Waals surface area contributed by atoms with Gasteiger partial charge in [-0.2, -0.15) is 0 Å². The molecule has 0 spiro atoms. The molecule has 1 aliphatic rings. The minimum Gasteiger partial charge on any atom is -0.490 e. The van der Waals surface area contributed by atoms with Crippen LogP contribution in [0.3, 0.4) is 0 Å². The SMILES string of the molecule is CCOc1ccc(CCNC(=O)[C@@H](C)[C@H]2Sc3ccccc3N(Cc3ccccc3C)C2=O)cc1OCC. The average molecular weight is 533 g/mol. The van der Waals surface area contributed by atoms with E-state index in [1.54, 1.807) is 0 Å². The maximum Gasteiger partial charge on any atom is 0.241 e. The number of para-hydroxylation sites is 1. The Kier molecular flexibility index (Phi) is 9.34. The molecular weight excluding hydrogens is 496 g/mol. The van der Waals surface area contributed by atoms with E-state index >= 15 is 0 Å². The number of thioether (sulfide) groups is 1. The van der Waals surface area contributed by atoms with E-state index < -0.39 is 11.2 Å². The Hall–Kier alpha value is -3.45. The molecule has 0 unspecified atom stereocenters.